The minimum absolute atomic E-state index is 0.123. The van der Waals surface area contributed by atoms with E-state index in [1.807, 2.05) is 31.2 Å². The zero-order chi connectivity index (χ0) is 14.8. The Hall–Kier alpha value is -0.480. The first kappa shape index (κ1) is 15.9. The van der Waals surface area contributed by atoms with Gasteiger partial charge in [0.2, 0.25) is 0 Å². The Morgan fingerprint density at radius 3 is 2.25 bits per heavy atom. The summed E-state index contributed by atoms with van der Waals surface area (Å²) < 4.78 is 35.7. The Bertz CT molecular complexity index is 518. The molecule has 3 atom stereocenters. The molecular formula is C14H21O4PS. The standard InChI is InChI=1S/C14H21O4PS/c1-4-17-19(15,18-5-2)13-10-14(13)20(16)12-8-6-11(3)7-9-12/h6-9,13-14H,4-5,10H2,1-3H3/t13-,14-,20+/m0/s1. The van der Waals surface area contributed by atoms with Crippen LogP contribution in [0.15, 0.2) is 29.2 Å². The van der Waals surface area contributed by atoms with Gasteiger partial charge >= 0.3 is 7.60 Å². The summed E-state index contributed by atoms with van der Waals surface area (Å²) in [6, 6.07) is 7.62. The van der Waals surface area contributed by atoms with Crippen molar-refractivity contribution < 1.29 is 17.8 Å². The molecule has 0 heterocycles. The molecule has 0 bridgehead atoms. The zero-order valence-corrected chi connectivity index (χ0v) is 13.8. The van der Waals surface area contributed by atoms with Gasteiger partial charge < -0.3 is 9.05 Å². The van der Waals surface area contributed by atoms with Crippen LogP contribution in [0.25, 0.3) is 0 Å². The first-order chi connectivity index (χ1) is 9.51. The van der Waals surface area contributed by atoms with Crippen LogP contribution in [0.4, 0.5) is 0 Å². The van der Waals surface area contributed by atoms with Crippen molar-refractivity contribution >= 4 is 18.4 Å². The summed E-state index contributed by atoms with van der Waals surface area (Å²) in [7, 11) is -4.26. The van der Waals surface area contributed by atoms with Crippen molar-refractivity contribution in [1.29, 1.82) is 0 Å². The van der Waals surface area contributed by atoms with Crippen molar-refractivity contribution in [3.05, 3.63) is 29.8 Å². The summed E-state index contributed by atoms with van der Waals surface area (Å²) in [5.41, 5.74) is 0.900. The van der Waals surface area contributed by atoms with Crippen molar-refractivity contribution in [3.8, 4) is 0 Å². The summed E-state index contributed by atoms with van der Waals surface area (Å²) in [4.78, 5) is 0.780. The summed E-state index contributed by atoms with van der Waals surface area (Å²) >= 11 is 0. The molecule has 0 unspecified atom stereocenters. The fraction of sp³-hybridized carbons (Fsp3) is 0.571. The van der Waals surface area contributed by atoms with Gasteiger partial charge in [-0.1, -0.05) is 17.7 Å². The monoisotopic (exact) mass is 316 g/mol. The molecule has 1 aromatic rings. The van der Waals surface area contributed by atoms with Gasteiger partial charge in [0.25, 0.3) is 0 Å². The summed E-state index contributed by atoms with van der Waals surface area (Å²) in [5.74, 6) is 0. The second kappa shape index (κ2) is 6.52. The van der Waals surface area contributed by atoms with Crippen LogP contribution in [0.1, 0.15) is 25.8 Å². The second-order valence-electron chi connectivity index (χ2n) is 4.83. The maximum atomic E-state index is 12.6. The van der Waals surface area contributed by atoms with Gasteiger partial charge in [-0.15, -0.1) is 0 Å². The van der Waals surface area contributed by atoms with Gasteiger partial charge in [-0.05, 0) is 39.3 Å². The molecule has 0 aromatic heterocycles. The van der Waals surface area contributed by atoms with E-state index < -0.39 is 18.4 Å². The highest BCUT2D eigenvalue weighted by atomic mass is 32.2. The molecule has 112 valence electrons. The third-order valence-electron chi connectivity index (χ3n) is 3.25. The van der Waals surface area contributed by atoms with Crippen molar-refractivity contribution in [1.82, 2.24) is 0 Å². The molecule has 20 heavy (non-hydrogen) atoms. The minimum Gasteiger partial charge on any atom is -0.309 e. The fourth-order valence-electron chi connectivity index (χ4n) is 2.16. The van der Waals surface area contributed by atoms with Crippen molar-refractivity contribution in [3.63, 3.8) is 0 Å². The van der Waals surface area contributed by atoms with Crippen molar-refractivity contribution in [2.24, 2.45) is 0 Å². The normalized spacial score (nSPS) is 23.6. The van der Waals surface area contributed by atoms with Crippen LogP contribution in [0.3, 0.4) is 0 Å². The summed E-state index contributed by atoms with van der Waals surface area (Å²) in [6.45, 7) is 6.26. The average Bonchev–Trinajstić information content (AvgIpc) is 3.20. The average molecular weight is 316 g/mol. The molecule has 6 heteroatoms. The van der Waals surface area contributed by atoms with Crippen LogP contribution in [0.5, 0.6) is 0 Å². The van der Waals surface area contributed by atoms with Crippen LogP contribution in [0, 0.1) is 6.92 Å². The lowest BCUT2D eigenvalue weighted by molar-refractivity contribution is 0.219. The Balaban J connectivity index is 2.08. The number of aryl methyl sites for hydroxylation is 1. The molecule has 0 spiro atoms. The number of hydrogen-bond acceptors (Lipinski definition) is 4. The molecule has 1 aromatic carbocycles. The lowest BCUT2D eigenvalue weighted by Gasteiger charge is -2.16. The smallest absolute Gasteiger partial charge is 0.309 e. The van der Waals surface area contributed by atoms with Gasteiger partial charge in [0, 0.05) is 4.90 Å². The number of rotatable bonds is 7. The molecule has 2 rings (SSSR count). The lowest BCUT2D eigenvalue weighted by Crippen LogP contribution is -2.08. The molecule has 0 saturated heterocycles. The highest BCUT2D eigenvalue weighted by Gasteiger charge is 2.55. The van der Waals surface area contributed by atoms with E-state index in [2.05, 4.69) is 0 Å². The molecule has 0 radical (unpaired) electrons. The van der Waals surface area contributed by atoms with E-state index in [1.165, 1.54) is 0 Å². The van der Waals surface area contributed by atoms with E-state index in [0.717, 1.165) is 10.5 Å². The SMILES string of the molecule is CCOP(=O)(OCC)[C@H]1C[C@@H]1[S@](=O)c1ccc(C)cc1. The molecule has 0 N–H and O–H groups in total. The first-order valence-electron chi connectivity index (χ1n) is 6.88. The second-order valence-corrected chi connectivity index (χ2v) is 8.76. The van der Waals surface area contributed by atoms with Crippen molar-refractivity contribution in [2.75, 3.05) is 13.2 Å². The van der Waals surface area contributed by atoms with Crippen LogP contribution < -0.4 is 0 Å². The van der Waals surface area contributed by atoms with Crippen LogP contribution in [-0.2, 0) is 24.4 Å². The van der Waals surface area contributed by atoms with Gasteiger partial charge in [0.05, 0.1) is 34.9 Å². The Labute approximate surface area is 122 Å². The van der Waals surface area contributed by atoms with E-state index in [4.69, 9.17) is 9.05 Å². The molecule has 4 nitrogen and oxygen atoms in total. The maximum absolute atomic E-state index is 12.6. The predicted molar refractivity (Wildman–Crippen MR) is 80.6 cm³/mol. The predicted octanol–water partition coefficient (Wildman–Crippen LogP) is 3.51. The largest absolute Gasteiger partial charge is 0.334 e. The van der Waals surface area contributed by atoms with E-state index in [0.29, 0.717) is 19.6 Å². The highest BCUT2D eigenvalue weighted by Crippen LogP contribution is 2.64. The highest BCUT2D eigenvalue weighted by molar-refractivity contribution is 7.86. The van der Waals surface area contributed by atoms with E-state index in [9.17, 15) is 8.77 Å². The maximum Gasteiger partial charge on any atom is 0.334 e. The van der Waals surface area contributed by atoms with E-state index in [1.54, 1.807) is 13.8 Å². The topological polar surface area (TPSA) is 52.6 Å². The quantitative estimate of drug-likeness (QED) is 0.722. The third-order valence-corrected chi connectivity index (χ3v) is 7.88. The Kier molecular flexibility index (Phi) is 5.19. The summed E-state index contributed by atoms with van der Waals surface area (Å²) in [6.07, 6.45) is 0.637. The zero-order valence-electron chi connectivity index (χ0n) is 12.1. The van der Waals surface area contributed by atoms with E-state index >= 15 is 0 Å². The molecule has 0 aliphatic heterocycles. The van der Waals surface area contributed by atoms with Crippen molar-refractivity contribution in [2.45, 2.75) is 43.0 Å². The van der Waals surface area contributed by atoms with Crippen LogP contribution in [0.2, 0.25) is 0 Å². The summed E-state index contributed by atoms with van der Waals surface area (Å²) in [5, 5.41) is -0.123. The van der Waals surface area contributed by atoms with Gasteiger partial charge in [-0.3, -0.25) is 8.77 Å². The molecule has 1 saturated carbocycles. The number of benzene rings is 1. The minimum atomic E-state index is -3.11. The molecule has 1 aliphatic rings. The lowest BCUT2D eigenvalue weighted by atomic mass is 10.2. The molecule has 0 amide bonds. The Morgan fingerprint density at radius 2 is 1.75 bits per heavy atom. The van der Waals surface area contributed by atoms with Gasteiger partial charge in [0.1, 0.15) is 0 Å². The Morgan fingerprint density at radius 1 is 1.20 bits per heavy atom. The van der Waals surface area contributed by atoms with Gasteiger partial charge in [-0.25, -0.2) is 0 Å². The number of hydrogen-bond donors (Lipinski definition) is 0. The molecule has 1 aliphatic carbocycles. The fourth-order valence-corrected chi connectivity index (χ4v) is 6.57. The molecular weight excluding hydrogens is 295 g/mol. The third kappa shape index (κ3) is 3.40. The van der Waals surface area contributed by atoms with Gasteiger partial charge in [0.15, 0.2) is 0 Å². The van der Waals surface area contributed by atoms with Crippen LogP contribution >= 0.6 is 7.60 Å². The first-order valence-corrected chi connectivity index (χ1v) is 9.70. The van der Waals surface area contributed by atoms with Gasteiger partial charge in [-0.2, -0.15) is 0 Å². The van der Waals surface area contributed by atoms with Crippen LogP contribution in [-0.4, -0.2) is 28.3 Å². The molecule has 1 fully saturated rings. The van der Waals surface area contributed by atoms with E-state index in [-0.39, 0.29) is 10.9 Å².